The fourth-order valence-electron chi connectivity index (χ4n) is 2.67. The molecule has 1 atom stereocenters. The Hall–Kier alpha value is -2.36. The number of methoxy groups -OCH3 is 1. The van der Waals surface area contributed by atoms with E-state index in [1.54, 1.807) is 7.11 Å². The number of rotatable bonds is 5. The lowest BCUT2D eigenvalue weighted by atomic mass is 10.1. The summed E-state index contributed by atoms with van der Waals surface area (Å²) in [6.45, 7) is 2.05. The molecule has 0 bridgehead atoms. The molecule has 0 fully saturated rings. The molecule has 2 nitrogen and oxygen atoms in total. The van der Waals surface area contributed by atoms with Gasteiger partial charge in [0.25, 0.3) is 0 Å². The van der Waals surface area contributed by atoms with Gasteiger partial charge in [0, 0.05) is 24.2 Å². The molecule has 0 aromatic heterocycles. The highest BCUT2D eigenvalue weighted by Crippen LogP contribution is 2.34. The normalized spacial score (nSPS) is 12.0. The van der Waals surface area contributed by atoms with Crippen LogP contribution in [0, 0.1) is 0 Å². The van der Waals surface area contributed by atoms with Crippen LogP contribution in [0.2, 0.25) is 0 Å². The van der Waals surface area contributed by atoms with Crippen molar-refractivity contribution in [2.45, 2.75) is 13.0 Å². The maximum absolute atomic E-state index is 5.40. The van der Waals surface area contributed by atoms with Gasteiger partial charge in [0.2, 0.25) is 0 Å². The number of anilines is 3. The summed E-state index contributed by atoms with van der Waals surface area (Å²) in [5.74, 6) is 0. The molecule has 0 aliphatic carbocycles. The van der Waals surface area contributed by atoms with Crippen molar-refractivity contribution < 1.29 is 4.74 Å². The number of ether oxygens (including phenoxy) is 1. The summed E-state index contributed by atoms with van der Waals surface area (Å²) in [5, 5.41) is 1.07. The molecule has 3 heteroatoms. The molecule has 0 spiro atoms. The highest BCUT2D eigenvalue weighted by Gasteiger charge is 2.12. The van der Waals surface area contributed by atoms with Crippen LogP contribution in [-0.4, -0.2) is 17.4 Å². The fraction of sp³-hybridized carbons (Fsp3) is 0.143. The molecule has 0 saturated heterocycles. The van der Waals surface area contributed by atoms with E-state index in [0.717, 1.165) is 22.2 Å². The van der Waals surface area contributed by atoms with Gasteiger partial charge in [-0.25, -0.2) is 0 Å². The van der Waals surface area contributed by atoms with Crippen molar-refractivity contribution >= 4 is 32.5 Å². The van der Waals surface area contributed by atoms with E-state index in [-0.39, 0.29) is 6.10 Å². The van der Waals surface area contributed by atoms with Crippen LogP contribution in [0.5, 0.6) is 0 Å². The molecule has 0 heterocycles. The largest absolute Gasteiger partial charge is 0.377 e. The average Bonchev–Trinajstić information content (AvgIpc) is 2.64. The van der Waals surface area contributed by atoms with Crippen LogP contribution in [0.4, 0.5) is 17.1 Å². The number of para-hydroxylation sites is 1. The van der Waals surface area contributed by atoms with E-state index in [1.807, 2.05) is 6.07 Å². The summed E-state index contributed by atoms with van der Waals surface area (Å²) >= 11 is 0. The zero-order chi connectivity index (χ0) is 16.9. The minimum atomic E-state index is 0.0941. The topological polar surface area (TPSA) is 12.5 Å². The van der Waals surface area contributed by atoms with Gasteiger partial charge in [-0.05, 0) is 48.9 Å². The lowest BCUT2D eigenvalue weighted by Crippen LogP contribution is -2.11. The summed E-state index contributed by atoms with van der Waals surface area (Å²) in [5.41, 5.74) is 4.54. The second kappa shape index (κ2) is 7.47. The molecule has 3 aromatic carbocycles. The lowest BCUT2D eigenvalue weighted by molar-refractivity contribution is 0.119. The second-order valence-electron chi connectivity index (χ2n) is 5.69. The van der Waals surface area contributed by atoms with Crippen LogP contribution >= 0.6 is 0 Å². The predicted molar refractivity (Wildman–Crippen MR) is 102 cm³/mol. The third kappa shape index (κ3) is 3.58. The van der Waals surface area contributed by atoms with Crippen LogP contribution < -0.4 is 10.1 Å². The van der Waals surface area contributed by atoms with E-state index in [9.17, 15) is 0 Å². The van der Waals surface area contributed by atoms with Crippen LogP contribution in [-0.2, 0) is 4.74 Å². The monoisotopic (exact) mass is 330 g/mol. The zero-order valence-corrected chi connectivity index (χ0v) is 14.9. The lowest BCUT2D eigenvalue weighted by Gasteiger charge is -2.26. The number of hydrogen-bond acceptors (Lipinski definition) is 2. The van der Waals surface area contributed by atoms with Crippen molar-refractivity contribution in [2.24, 2.45) is 0 Å². The van der Waals surface area contributed by atoms with Gasteiger partial charge in [-0.3, -0.25) is 0 Å². The van der Waals surface area contributed by atoms with E-state index in [1.165, 1.54) is 5.56 Å². The van der Waals surface area contributed by atoms with Crippen molar-refractivity contribution in [1.82, 2.24) is 0 Å². The third-order valence-corrected chi connectivity index (χ3v) is 4.45. The van der Waals surface area contributed by atoms with Crippen molar-refractivity contribution in [3.8, 4) is 0 Å². The first-order valence-corrected chi connectivity index (χ1v) is 8.48. The molecule has 0 aliphatic rings. The van der Waals surface area contributed by atoms with E-state index >= 15 is 0 Å². The zero-order valence-electron chi connectivity index (χ0n) is 13.9. The molecule has 3 radical (unpaired) electrons. The molecule has 0 saturated carbocycles. The highest BCUT2D eigenvalue weighted by atomic mass is 28.1. The SMILES string of the molecule is COC(C)c1ccc(N(c2ccccc2)c2ccc([Si])cc2)cc1. The third-order valence-electron chi connectivity index (χ3n) is 4.11. The van der Waals surface area contributed by atoms with Crippen molar-refractivity contribution in [2.75, 3.05) is 12.0 Å². The molecule has 119 valence electrons. The van der Waals surface area contributed by atoms with Gasteiger partial charge in [-0.2, -0.15) is 0 Å². The Kier molecular flexibility index (Phi) is 5.13. The molecule has 0 N–H and O–H groups in total. The molecular weight excluding hydrogens is 310 g/mol. The average molecular weight is 330 g/mol. The summed E-state index contributed by atoms with van der Waals surface area (Å²) in [6.07, 6.45) is 0.0941. The first-order chi connectivity index (χ1) is 11.7. The Morgan fingerprint density at radius 3 is 1.79 bits per heavy atom. The van der Waals surface area contributed by atoms with Crippen LogP contribution in [0.3, 0.4) is 0 Å². The summed E-state index contributed by atoms with van der Waals surface area (Å²) in [7, 11) is 5.29. The molecule has 3 rings (SSSR count). The highest BCUT2D eigenvalue weighted by molar-refractivity contribution is 6.32. The maximum Gasteiger partial charge on any atom is 0.0793 e. The van der Waals surface area contributed by atoms with E-state index in [4.69, 9.17) is 4.74 Å². The van der Waals surface area contributed by atoms with E-state index in [0.29, 0.717) is 0 Å². The van der Waals surface area contributed by atoms with Crippen molar-refractivity contribution in [3.63, 3.8) is 0 Å². The van der Waals surface area contributed by atoms with Gasteiger partial charge in [0.05, 0.1) is 16.3 Å². The summed E-state index contributed by atoms with van der Waals surface area (Å²) < 4.78 is 5.40. The molecule has 3 aromatic rings. The van der Waals surface area contributed by atoms with Crippen molar-refractivity contribution in [3.05, 3.63) is 84.4 Å². The molecule has 24 heavy (non-hydrogen) atoms. The van der Waals surface area contributed by atoms with Gasteiger partial charge in [0.1, 0.15) is 0 Å². The standard InChI is InChI=1S/C21H20NOSi/c1-16(23-2)17-8-10-19(11-9-17)22(18-6-4-3-5-7-18)20-12-14-21(24)15-13-20/h3-16H,1-2H3. The Balaban J connectivity index is 2.03. The number of hydrogen-bond donors (Lipinski definition) is 0. The van der Waals surface area contributed by atoms with E-state index < -0.39 is 0 Å². The summed E-state index contributed by atoms with van der Waals surface area (Å²) in [4.78, 5) is 2.24. The first kappa shape index (κ1) is 16.5. The maximum atomic E-state index is 5.40. The van der Waals surface area contributed by atoms with Gasteiger partial charge in [0.15, 0.2) is 0 Å². The molecule has 0 amide bonds. The smallest absolute Gasteiger partial charge is 0.0793 e. The van der Waals surface area contributed by atoms with Crippen molar-refractivity contribution in [1.29, 1.82) is 0 Å². The van der Waals surface area contributed by atoms with Gasteiger partial charge >= 0.3 is 0 Å². The van der Waals surface area contributed by atoms with Gasteiger partial charge < -0.3 is 9.64 Å². The Labute approximate surface area is 147 Å². The quantitative estimate of drug-likeness (QED) is 0.631. The Bertz CT molecular complexity index is 769. The van der Waals surface area contributed by atoms with Gasteiger partial charge in [-0.15, -0.1) is 0 Å². The fourth-order valence-corrected chi connectivity index (χ4v) is 2.83. The molecule has 1 unspecified atom stereocenters. The summed E-state index contributed by atoms with van der Waals surface area (Å²) in [6, 6.07) is 27.3. The minimum Gasteiger partial charge on any atom is -0.377 e. The number of benzene rings is 3. The minimum absolute atomic E-state index is 0.0941. The van der Waals surface area contributed by atoms with Gasteiger partial charge in [-0.1, -0.05) is 47.7 Å². The second-order valence-corrected chi connectivity index (χ2v) is 6.26. The predicted octanol–water partition coefficient (Wildman–Crippen LogP) is 4.66. The van der Waals surface area contributed by atoms with Crippen LogP contribution in [0.25, 0.3) is 0 Å². The van der Waals surface area contributed by atoms with Crippen LogP contribution in [0.15, 0.2) is 78.9 Å². The van der Waals surface area contributed by atoms with Crippen LogP contribution in [0.1, 0.15) is 18.6 Å². The first-order valence-electron chi connectivity index (χ1n) is 7.98. The Morgan fingerprint density at radius 2 is 1.25 bits per heavy atom. The Morgan fingerprint density at radius 1 is 0.750 bits per heavy atom. The number of nitrogens with zero attached hydrogens (tertiary/aromatic N) is 1. The molecule has 0 aliphatic heterocycles. The molecular formula is C21H20NOSi. The van der Waals surface area contributed by atoms with E-state index in [2.05, 4.69) is 94.9 Å².